The van der Waals surface area contributed by atoms with Crippen LogP contribution in [-0.4, -0.2) is 28.4 Å². The smallest absolute Gasteiger partial charge is 0.233 e. The Balaban J connectivity index is 2.76. The molecule has 1 aliphatic rings. The van der Waals surface area contributed by atoms with Gasteiger partial charge in [0, 0.05) is 6.04 Å². The van der Waals surface area contributed by atoms with E-state index >= 15 is 0 Å². The SMILES string of the molecule is CCCC(CCC)(C(=O)NC1CCSCC1)C(N)=S. The van der Waals surface area contributed by atoms with Gasteiger partial charge in [-0.1, -0.05) is 38.9 Å². The van der Waals surface area contributed by atoms with E-state index in [1.165, 1.54) is 0 Å². The van der Waals surface area contributed by atoms with E-state index < -0.39 is 5.41 Å². The molecule has 1 saturated heterocycles. The topological polar surface area (TPSA) is 55.1 Å². The van der Waals surface area contributed by atoms with Crippen LogP contribution in [0.4, 0.5) is 0 Å². The van der Waals surface area contributed by atoms with Crippen LogP contribution >= 0.6 is 24.0 Å². The third kappa shape index (κ3) is 4.35. The van der Waals surface area contributed by atoms with Crippen molar-refractivity contribution in [2.24, 2.45) is 11.1 Å². The van der Waals surface area contributed by atoms with Crippen LogP contribution in [0.2, 0.25) is 0 Å². The Morgan fingerprint density at radius 1 is 1.32 bits per heavy atom. The lowest BCUT2D eigenvalue weighted by Crippen LogP contribution is -2.52. The van der Waals surface area contributed by atoms with Crippen LogP contribution in [0.1, 0.15) is 52.4 Å². The van der Waals surface area contributed by atoms with Crippen LogP contribution in [0.25, 0.3) is 0 Å². The molecule has 0 unspecified atom stereocenters. The minimum absolute atomic E-state index is 0.0561. The van der Waals surface area contributed by atoms with Crippen molar-refractivity contribution in [1.29, 1.82) is 0 Å². The minimum Gasteiger partial charge on any atom is -0.392 e. The van der Waals surface area contributed by atoms with Gasteiger partial charge < -0.3 is 11.1 Å². The summed E-state index contributed by atoms with van der Waals surface area (Å²) < 4.78 is 0. The molecule has 0 aromatic carbocycles. The van der Waals surface area contributed by atoms with E-state index in [0.29, 0.717) is 11.0 Å². The zero-order chi connectivity index (χ0) is 14.3. The maximum atomic E-state index is 12.7. The molecule has 5 heteroatoms. The standard InChI is InChI=1S/C14H26N2OS2/c1-3-7-14(8-4-2,12(15)18)13(17)16-11-5-9-19-10-6-11/h11H,3-10H2,1-2H3,(H2,15,18)(H,16,17). The first-order chi connectivity index (χ1) is 9.06. The largest absolute Gasteiger partial charge is 0.392 e. The Kier molecular flexibility index (Phi) is 7.15. The maximum Gasteiger partial charge on any atom is 0.233 e. The Hall–Kier alpha value is -0.290. The van der Waals surface area contributed by atoms with Crippen molar-refractivity contribution >= 4 is 34.9 Å². The highest BCUT2D eigenvalue weighted by Crippen LogP contribution is 2.31. The van der Waals surface area contributed by atoms with Gasteiger partial charge in [0.1, 0.15) is 0 Å². The number of hydrogen-bond donors (Lipinski definition) is 2. The highest BCUT2D eigenvalue weighted by atomic mass is 32.2. The fraction of sp³-hybridized carbons (Fsp3) is 0.857. The van der Waals surface area contributed by atoms with E-state index in [0.717, 1.165) is 50.0 Å². The van der Waals surface area contributed by atoms with Gasteiger partial charge in [-0.3, -0.25) is 4.79 Å². The average Bonchev–Trinajstić information content (AvgIpc) is 2.39. The van der Waals surface area contributed by atoms with E-state index in [1.807, 2.05) is 11.8 Å². The summed E-state index contributed by atoms with van der Waals surface area (Å²) in [7, 11) is 0. The summed E-state index contributed by atoms with van der Waals surface area (Å²) in [5, 5.41) is 3.19. The molecule has 0 saturated carbocycles. The van der Waals surface area contributed by atoms with E-state index in [2.05, 4.69) is 19.2 Å². The van der Waals surface area contributed by atoms with Crippen LogP contribution < -0.4 is 11.1 Å². The van der Waals surface area contributed by atoms with Crippen LogP contribution in [-0.2, 0) is 4.79 Å². The Labute approximate surface area is 126 Å². The minimum atomic E-state index is -0.635. The van der Waals surface area contributed by atoms with Gasteiger partial charge >= 0.3 is 0 Å². The molecule has 19 heavy (non-hydrogen) atoms. The highest BCUT2D eigenvalue weighted by molar-refractivity contribution is 7.99. The number of hydrogen-bond acceptors (Lipinski definition) is 3. The molecule has 1 amide bonds. The van der Waals surface area contributed by atoms with Gasteiger partial charge in [-0.15, -0.1) is 0 Å². The summed E-state index contributed by atoms with van der Waals surface area (Å²) in [4.78, 5) is 13.0. The summed E-state index contributed by atoms with van der Waals surface area (Å²) >= 11 is 7.18. The molecule has 1 aliphatic heterocycles. The van der Waals surface area contributed by atoms with Gasteiger partial charge in [0.05, 0.1) is 10.4 Å². The molecule has 0 aliphatic carbocycles. The molecule has 3 N–H and O–H groups in total. The molecule has 0 spiro atoms. The molecular formula is C14H26N2OS2. The Morgan fingerprint density at radius 3 is 2.26 bits per heavy atom. The molecule has 1 fully saturated rings. The van der Waals surface area contributed by atoms with E-state index in [4.69, 9.17) is 18.0 Å². The number of nitrogens with two attached hydrogens (primary N) is 1. The fourth-order valence-electron chi connectivity index (χ4n) is 2.73. The van der Waals surface area contributed by atoms with Crippen LogP contribution in [0.3, 0.4) is 0 Å². The lowest BCUT2D eigenvalue weighted by atomic mass is 9.78. The van der Waals surface area contributed by atoms with E-state index in [-0.39, 0.29) is 5.91 Å². The predicted octanol–water partition coefficient (Wildman–Crippen LogP) is 2.87. The zero-order valence-corrected chi connectivity index (χ0v) is 13.7. The molecule has 1 heterocycles. The molecule has 0 atom stereocenters. The fourth-order valence-corrected chi connectivity index (χ4v) is 4.13. The van der Waals surface area contributed by atoms with Crippen LogP contribution in [0.15, 0.2) is 0 Å². The van der Waals surface area contributed by atoms with Crippen molar-refractivity contribution in [3.05, 3.63) is 0 Å². The van der Waals surface area contributed by atoms with Gasteiger partial charge in [0.2, 0.25) is 5.91 Å². The Morgan fingerprint density at radius 2 is 1.84 bits per heavy atom. The lowest BCUT2D eigenvalue weighted by Gasteiger charge is -2.34. The highest BCUT2D eigenvalue weighted by Gasteiger charge is 2.40. The number of thiocarbonyl (C=S) groups is 1. The van der Waals surface area contributed by atoms with Crippen molar-refractivity contribution in [1.82, 2.24) is 5.32 Å². The van der Waals surface area contributed by atoms with Crippen LogP contribution in [0.5, 0.6) is 0 Å². The second-order valence-electron chi connectivity index (χ2n) is 5.31. The summed E-state index contributed by atoms with van der Waals surface area (Å²) in [6.07, 6.45) is 5.47. The molecule has 3 nitrogen and oxygen atoms in total. The summed E-state index contributed by atoms with van der Waals surface area (Å²) in [5.74, 6) is 2.32. The number of carbonyl (C=O) groups excluding carboxylic acids is 1. The first-order valence-electron chi connectivity index (χ1n) is 7.25. The van der Waals surface area contributed by atoms with Gasteiger partial charge in [-0.2, -0.15) is 11.8 Å². The second kappa shape index (κ2) is 8.10. The number of thioether (sulfide) groups is 1. The Bertz CT molecular complexity index is 309. The first-order valence-corrected chi connectivity index (χ1v) is 8.81. The monoisotopic (exact) mass is 302 g/mol. The zero-order valence-electron chi connectivity index (χ0n) is 12.0. The summed E-state index contributed by atoms with van der Waals surface area (Å²) in [6, 6.07) is 0.302. The van der Waals surface area contributed by atoms with Gasteiger partial charge in [0.25, 0.3) is 0 Å². The van der Waals surface area contributed by atoms with Crippen molar-refractivity contribution < 1.29 is 4.79 Å². The van der Waals surface area contributed by atoms with Crippen molar-refractivity contribution in [2.75, 3.05) is 11.5 Å². The molecule has 110 valence electrons. The molecule has 1 rings (SSSR count). The van der Waals surface area contributed by atoms with E-state index in [9.17, 15) is 4.79 Å². The number of nitrogens with one attached hydrogen (secondary N) is 1. The third-order valence-electron chi connectivity index (χ3n) is 3.82. The molecule has 0 radical (unpaired) electrons. The molecule has 0 aromatic heterocycles. The molecule has 0 bridgehead atoms. The van der Waals surface area contributed by atoms with Gasteiger partial charge in [-0.25, -0.2) is 0 Å². The third-order valence-corrected chi connectivity index (χ3v) is 5.26. The number of rotatable bonds is 7. The first kappa shape index (κ1) is 16.8. The second-order valence-corrected chi connectivity index (χ2v) is 6.97. The summed E-state index contributed by atoms with van der Waals surface area (Å²) in [5.41, 5.74) is 5.28. The van der Waals surface area contributed by atoms with Crippen molar-refractivity contribution in [3.8, 4) is 0 Å². The lowest BCUT2D eigenvalue weighted by molar-refractivity contribution is -0.129. The number of amides is 1. The average molecular weight is 303 g/mol. The normalized spacial score (nSPS) is 17.2. The van der Waals surface area contributed by atoms with Gasteiger partial charge in [-0.05, 0) is 37.2 Å². The van der Waals surface area contributed by atoms with Crippen LogP contribution in [0, 0.1) is 5.41 Å². The van der Waals surface area contributed by atoms with Crippen molar-refractivity contribution in [2.45, 2.75) is 58.4 Å². The predicted molar refractivity (Wildman–Crippen MR) is 87.5 cm³/mol. The number of carbonyl (C=O) groups is 1. The quantitative estimate of drug-likeness (QED) is 0.710. The van der Waals surface area contributed by atoms with Crippen molar-refractivity contribution in [3.63, 3.8) is 0 Å². The van der Waals surface area contributed by atoms with E-state index in [1.54, 1.807) is 0 Å². The van der Waals surface area contributed by atoms with Gasteiger partial charge in [0.15, 0.2) is 0 Å². The molecule has 0 aromatic rings. The maximum absolute atomic E-state index is 12.7. The summed E-state index contributed by atoms with van der Waals surface area (Å²) in [6.45, 7) is 4.15. The molecular weight excluding hydrogens is 276 g/mol.